The number of allylic oxidation sites excluding steroid dienone is 2. The smallest absolute Gasteiger partial charge is 0.305 e. The van der Waals surface area contributed by atoms with Gasteiger partial charge in [0, 0.05) is 6.42 Å². The molecule has 0 aliphatic heterocycles. The van der Waals surface area contributed by atoms with Gasteiger partial charge in [-0.05, 0) is 32.1 Å². The van der Waals surface area contributed by atoms with Crippen molar-refractivity contribution in [3.8, 4) is 0 Å². The third-order valence-electron chi connectivity index (χ3n) is 8.35. The van der Waals surface area contributed by atoms with E-state index in [4.69, 9.17) is 52.5 Å². The number of esters is 1. The van der Waals surface area contributed by atoms with Crippen molar-refractivity contribution < 1.29 is 57.3 Å². The van der Waals surface area contributed by atoms with Crippen LogP contribution in [0, 0.1) is 0 Å². The van der Waals surface area contributed by atoms with E-state index in [9.17, 15) is 4.79 Å². The molecule has 12 nitrogen and oxygen atoms in total. The lowest BCUT2D eigenvalue weighted by molar-refractivity contribution is -0.145. The number of carbonyl (C=O) groups is 1. The highest BCUT2D eigenvalue weighted by Gasteiger charge is 2.03. The van der Waals surface area contributed by atoms with Crippen molar-refractivity contribution in [2.24, 2.45) is 0 Å². The number of hydrogen-bond donors (Lipinski definition) is 1. The van der Waals surface area contributed by atoms with Gasteiger partial charge in [-0.25, -0.2) is 0 Å². The predicted molar refractivity (Wildman–Crippen MR) is 213 cm³/mol. The Balaban J connectivity index is 3.16. The van der Waals surface area contributed by atoms with Gasteiger partial charge in [0.1, 0.15) is 6.61 Å². The quantitative estimate of drug-likeness (QED) is 0.0379. The van der Waals surface area contributed by atoms with Crippen LogP contribution in [0.25, 0.3) is 0 Å². The second-order valence-electron chi connectivity index (χ2n) is 13.2. The molecule has 0 atom stereocenters. The average molecular weight is 779 g/mol. The summed E-state index contributed by atoms with van der Waals surface area (Å²) in [5, 5.41) is 8.59. The standard InChI is InChI=1S/C42H82O12/c1-2-3-4-5-6-7-8-9-10-11-12-13-14-15-16-17-18-19-20-21-42(44)54-41-40-53-39-38-52-37-36-51-35-34-50-33-32-49-31-30-48-29-28-47-27-26-46-25-24-45-23-22-43/h9-10,43H,2-8,11-41H2,1H3/b10-9-. The molecule has 0 aliphatic carbocycles. The molecule has 0 radical (unpaired) electrons. The van der Waals surface area contributed by atoms with Gasteiger partial charge in [0.2, 0.25) is 0 Å². The highest BCUT2D eigenvalue weighted by molar-refractivity contribution is 5.69. The summed E-state index contributed by atoms with van der Waals surface area (Å²) in [4.78, 5) is 11.9. The van der Waals surface area contributed by atoms with Gasteiger partial charge >= 0.3 is 5.97 Å². The first-order chi connectivity index (χ1) is 26.8. The van der Waals surface area contributed by atoms with Gasteiger partial charge < -0.3 is 52.5 Å². The monoisotopic (exact) mass is 779 g/mol. The second-order valence-corrected chi connectivity index (χ2v) is 13.2. The van der Waals surface area contributed by atoms with Crippen LogP contribution in [0.4, 0.5) is 0 Å². The lowest BCUT2D eigenvalue weighted by atomic mass is 10.1. The Morgan fingerprint density at radius 1 is 0.370 bits per heavy atom. The molecular weight excluding hydrogens is 696 g/mol. The molecule has 0 saturated carbocycles. The number of carbonyl (C=O) groups excluding carboxylic acids is 1. The van der Waals surface area contributed by atoms with E-state index >= 15 is 0 Å². The Bertz CT molecular complexity index is 727. The van der Waals surface area contributed by atoms with E-state index in [1.807, 2.05) is 0 Å². The van der Waals surface area contributed by atoms with E-state index in [-0.39, 0.29) is 19.2 Å². The summed E-state index contributed by atoms with van der Waals surface area (Å²) >= 11 is 0. The third-order valence-corrected chi connectivity index (χ3v) is 8.35. The first kappa shape index (κ1) is 52.8. The predicted octanol–water partition coefficient (Wildman–Crippen LogP) is 7.27. The Morgan fingerprint density at radius 2 is 0.648 bits per heavy atom. The van der Waals surface area contributed by atoms with Gasteiger partial charge in [0.05, 0.1) is 126 Å². The highest BCUT2D eigenvalue weighted by Crippen LogP contribution is 2.12. The number of hydrogen-bond acceptors (Lipinski definition) is 12. The van der Waals surface area contributed by atoms with Gasteiger partial charge in [0.25, 0.3) is 0 Å². The van der Waals surface area contributed by atoms with Gasteiger partial charge in [-0.1, -0.05) is 96.1 Å². The van der Waals surface area contributed by atoms with Crippen molar-refractivity contribution in [3.05, 3.63) is 12.2 Å². The van der Waals surface area contributed by atoms with E-state index < -0.39 is 0 Å². The minimum absolute atomic E-state index is 0.0243. The van der Waals surface area contributed by atoms with Crippen molar-refractivity contribution in [2.45, 2.75) is 122 Å². The largest absolute Gasteiger partial charge is 0.463 e. The van der Waals surface area contributed by atoms with Gasteiger partial charge in [-0.2, -0.15) is 0 Å². The van der Waals surface area contributed by atoms with E-state index in [0.717, 1.165) is 12.8 Å². The molecule has 0 amide bonds. The minimum Gasteiger partial charge on any atom is -0.463 e. The number of unbranched alkanes of at least 4 members (excludes halogenated alkanes) is 15. The topological polar surface area (TPSA) is 130 Å². The zero-order chi connectivity index (χ0) is 38.9. The first-order valence-electron chi connectivity index (χ1n) is 21.4. The molecule has 0 aromatic rings. The molecule has 0 heterocycles. The molecule has 54 heavy (non-hydrogen) atoms. The lowest BCUT2D eigenvalue weighted by Crippen LogP contribution is -2.15. The van der Waals surface area contributed by atoms with Crippen molar-refractivity contribution in [2.75, 3.05) is 132 Å². The molecule has 0 bridgehead atoms. The molecule has 1 N–H and O–H groups in total. The maximum absolute atomic E-state index is 11.9. The molecule has 0 aliphatic rings. The zero-order valence-corrected chi connectivity index (χ0v) is 34.5. The molecule has 0 unspecified atom stereocenters. The molecule has 12 heteroatoms. The Kier molecular flexibility index (Phi) is 48.7. The van der Waals surface area contributed by atoms with Crippen molar-refractivity contribution in [1.29, 1.82) is 0 Å². The molecule has 0 fully saturated rings. The number of aliphatic hydroxyl groups is 1. The van der Waals surface area contributed by atoms with Crippen molar-refractivity contribution in [1.82, 2.24) is 0 Å². The van der Waals surface area contributed by atoms with Crippen LogP contribution >= 0.6 is 0 Å². The Labute approximate surface area is 329 Å². The van der Waals surface area contributed by atoms with E-state index in [2.05, 4.69) is 19.1 Å². The number of rotatable bonds is 48. The summed E-state index contributed by atoms with van der Waals surface area (Å²) in [6.45, 7) is 11.2. The van der Waals surface area contributed by atoms with Crippen molar-refractivity contribution >= 4 is 5.97 Å². The summed E-state index contributed by atoms with van der Waals surface area (Å²) in [7, 11) is 0. The average Bonchev–Trinajstić information content (AvgIpc) is 3.18. The van der Waals surface area contributed by atoms with Crippen LogP contribution in [-0.2, 0) is 52.2 Å². The molecular formula is C42H82O12. The molecule has 322 valence electrons. The summed E-state index contributed by atoms with van der Waals surface area (Å²) in [5.74, 6) is -0.134. The number of ether oxygens (including phenoxy) is 10. The van der Waals surface area contributed by atoms with Crippen LogP contribution in [0.15, 0.2) is 12.2 Å². The SMILES string of the molecule is CCCCCCCC/C=C\CCCCCCCCCCCC(=O)OCCOCCOCCOCCOCCOCCOCCOCCOCCOCCO. The fraction of sp³-hybridized carbons (Fsp3) is 0.929. The van der Waals surface area contributed by atoms with Crippen LogP contribution in [0.3, 0.4) is 0 Å². The Hall–Kier alpha value is -1.19. The zero-order valence-electron chi connectivity index (χ0n) is 34.5. The molecule has 0 spiro atoms. The minimum atomic E-state index is -0.134. The summed E-state index contributed by atoms with van der Waals surface area (Å²) in [6.07, 6.45) is 27.1. The van der Waals surface area contributed by atoms with Gasteiger partial charge in [-0.15, -0.1) is 0 Å². The van der Waals surface area contributed by atoms with Crippen LogP contribution < -0.4 is 0 Å². The first-order valence-corrected chi connectivity index (χ1v) is 21.4. The maximum Gasteiger partial charge on any atom is 0.305 e. The number of aliphatic hydroxyl groups excluding tert-OH is 1. The summed E-state index contributed by atoms with van der Waals surface area (Å²) in [6, 6.07) is 0. The fourth-order valence-corrected chi connectivity index (χ4v) is 5.26. The molecule has 0 aromatic carbocycles. The van der Waals surface area contributed by atoms with E-state index in [0.29, 0.717) is 125 Å². The van der Waals surface area contributed by atoms with Gasteiger partial charge in [-0.3, -0.25) is 4.79 Å². The van der Waals surface area contributed by atoms with Crippen LogP contribution in [0.1, 0.15) is 122 Å². The van der Waals surface area contributed by atoms with Crippen molar-refractivity contribution in [3.63, 3.8) is 0 Å². The second kappa shape index (κ2) is 49.8. The van der Waals surface area contributed by atoms with Crippen LogP contribution in [0.2, 0.25) is 0 Å². The normalized spacial score (nSPS) is 11.7. The molecule has 0 rings (SSSR count). The third kappa shape index (κ3) is 48.8. The summed E-state index contributed by atoms with van der Waals surface area (Å²) in [5.41, 5.74) is 0. The molecule has 0 saturated heterocycles. The van der Waals surface area contributed by atoms with Gasteiger partial charge in [0.15, 0.2) is 0 Å². The van der Waals surface area contributed by atoms with E-state index in [1.165, 1.54) is 96.3 Å². The lowest BCUT2D eigenvalue weighted by Gasteiger charge is -2.09. The molecule has 0 aromatic heterocycles. The van der Waals surface area contributed by atoms with E-state index in [1.54, 1.807) is 0 Å². The highest BCUT2D eigenvalue weighted by atomic mass is 16.6. The van der Waals surface area contributed by atoms with Crippen LogP contribution in [-0.4, -0.2) is 143 Å². The van der Waals surface area contributed by atoms with Crippen LogP contribution in [0.5, 0.6) is 0 Å². The fourth-order valence-electron chi connectivity index (χ4n) is 5.26. The Morgan fingerprint density at radius 3 is 0.981 bits per heavy atom. The summed E-state index contributed by atoms with van der Waals surface area (Å²) < 4.78 is 54.0. The maximum atomic E-state index is 11.9.